The molecule has 0 fully saturated rings. The van der Waals surface area contributed by atoms with Gasteiger partial charge in [0.05, 0.1) is 41.4 Å². The molecule has 2 N–H and O–H groups in total. The molecule has 0 saturated heterocycles. The largest absolute Gasteiger partial charge is 0.497 e. The first-order valence-electron chi connectivity index (χ1n) is 13.8. The molecule has 0 aliphatic heterocycles. The minimum atomic E-state index is 0.677. The van der Waals surface area contributed by atoms with Gasteiger partial charge in [-0.3, -0.25) is 14.6 Å². The van der Waals surface area contributed by atoms with Crippen molar-refractivity contribution in [1.82, 2.24) is 39.9 Å². The molecule has 0 unspecified atom stereocenters. The number of hydrogen-bond donors (Lipinski definition) is 2. The van der Waals surface area contributed by atoms with Gasteiger partial charge in [0.15, 0.2) is 5.82 Å². The Morgan fingerprint density at radius 1 is 0.884 bits per heavy atom. The summed E-state index contributed by atoms with van der Waals surface area (Å²) < 4.78 is 7.29. The van der Waals surface area contributed by atoms with Gasteiger partial charge in [-0.05, 0) is 79.2 Å². The number of anilines is 2. The number of aromatic amines is 1. The number of pyridine rings is 2. The molecular weight excluding hydrogens is 538 g/mol. The first-order valence-corrected chi connectivity index (χ1v) is 13.8. The van der Waals surface area contributed by atoms with Crippen LogP contribution in [-0.2, 0) is 6.42 Å². The summed E-state index contributed by atoms with van der Waals surface area (Å²) in [4.78, 5) is 14.5. The quantitative estimate of drug-likeness (QED) is 0.220. The Morgan fingerprint density at radius 2 is 1.79 bits per heavy atom. The van der Waals surface area contributed by atoms with Gasteiger partial charge < -0.3 is 10.1 Å². The molecule has 5 heterocycles. The third-order valence-electron chi connectivity index (χ3n) is 7.20. The number of aryl methyl sites for hydroxylation is 1. The highest BCUT2D eigenvalue weighted by Gasteiger charge is 2.17. The third-order valence-corrected chi connectivity index (χ3v) is 7.20. The van der Waals surface area contributed by atoms with Gasteiger partial charge in [-0.25, -0.2) is 9.97 Å². The number of hydrogen-bond acceptors (Lipinski definition) is 8. The van der Waals surface area contributed by atoms with E-state index in [1.807, 2.05) is 90.5 Å². The van der Waals surface area contributed by atoms with Crippen molar-refractivity contribution < 1.29 is 4.74 Å². The average molecular weight is 566 g/mol. The number of imidazole rings is 1. The smallest absolute Gasteiger partial charge is 0.153 e. The fourth-order valence-corrected chi connectivity index (χ4v) is 5.02. The lowest BCUT2D eigenvalue weighted by molar-refractivity contribution is 0.414. The Bertz CT molecular complexity index is 2030. The van der Waals surface area contributed by atoms with Crippen LogP contribution >= 0.6 is 0 Å². The van der Waals surface area contributed by atoms with Crippen molar-refractivity contribution in [2.45, 2.75) is 13.3 Å². The lowest BCUT2D eigenvalue weighted by atomic mass is 10.00. The van der Waals surface area contributed by atoms with Crippen molar-refractivity contribution in [3.05, 3.63) is 121 Å². The van der Waals surface area contributed by atoms with Crippen LogP contribution in [-0.4, -0.2) is 47.0 Å². The third kappa shape index (κ3) is 5.29. The van der Waals surface area contributed by atoms with E-state index in [0.29, 0.717) is 12.2 Å². The Hall–Kier alpha value is -5.90. The number of benzene rings is 2. The summed E-state index contributed by atoms with van der Waals surface area (Å²) in [6.45, 7) is 1.91. The SMILES string of the molecule is COc1ccc(Cc2[nH]ncc2-c2ncccc2-c2cccc(-n3cnc4cc(Nc5ccc(C)nn5)ccc43)n2)cc1. The number of nitrogens with one attached hydrogen (secondary N) is 2. The zero-order chi connectivity index (χ0) is 29.2. The van der Waals surface area contributed by atoms with E-state index in [9.17, 15) is 0 Å². The Morgan fingerprint density at radius 3 is 2.63 bits per heavy atom. The second kappa shape index (κ2) is 11.2. The number of nitrogens with zero attached hydrogens (tertiary/aromatic N) is 7. The molecule has 0 aliphatic rings. The van der Waals surface area contributed by atoms with E-state index in [0.717, 1.165) is 67.8 Å². The van der Waals surface area contributed by atoms with Gasteiger partial charge in [-0.15, -0.1) is 5.10 Å². The highest BCUT2D eigenvalue weighted by molar-refractivity contribution is 5.83. The molecule has 0 spiro atoms. The molecule has 0 radical (unpaired) electrons. The number of ether oxygens (including phenoxy) is 1. The van der Waals surface area contributed by atoms with Gasteiger partial charge in [-0.2, -0.15) is 10.2 Å². The fraction of sp³-hybridized carbons (Fsp3) is 0.0909. The van der Waals surface area contributed by atoms with Crippen LogP contribution in [0, 0.1) is 6.92 Å². The molecule has 10 heteroatoms. The lowest BCUT2D eigenvalue weighted by Crippen LogP contribution is -1.99. The second-order valence-corrected chi connectivity index (χ2v) is 10.1. The maximum Gasteiger partial charge on any atom is 0.153 e. The molecule has 0 aliphatic carbocycles. The lowest BCUT2D eigenvalue weighted by Gasteiger charge is -2.11. The molecule has 43 heavy (non-hydrogen) atoms. The first-order chi connectivity index (χ1) is 21.1. The summed E-state index contributed by atoms with van der Waals surface area (Å²) >= 11 is 0. The van der Waals surface area contributed by atoms with Crippen LogP contribution < -0.4 is 10.1 Å². The zero-order valence-electron chi connectivity index (χ0n) is 23.6. The molecule has 0 atom stereocenters. The highest BCUT2D eigenvalue weighted by atomic mass is 16.5. The van der Waals surface area contributed by atoms with Crippen molar-refractivity contribution >= 4 is 22.5 Å². The standard InChI is InChI=1S/C33H27N9O/c1-21-8-15-31(41-39-21)37-23-11-14-30-29(18-23)35-20-42(30)32-7-3-6-27(38-32)25-5-4-16-34-33(25)26-19-36-40-28(26)17-22-9-12-24(43-2)13-10-22/h3-16,18-20H,17H2,1-2H3,(H,36,40)(H,37,41). The Labute approximate surface area is 247 Å². The number of methoxy groups -OCH3 is 1. The van der Waals surface area contributed by atoms with Crippen LogP contribution in [0.4, 0.5) is 11.5 Å². The van der Waals surface area contributed by atoms with E-state index in [2.05, 4.69) is 42.8 Å². The predicted molar refractivity (Wildman–Crippen MR) is 166 cm³/mol. The summed E-state index contributed by atoms with van der Waals surface area (Å²) in [5.74, 6) is 2.26. The number of rotatable bonds is 8. The number of fused-ring (bicyclic) bond motifs is 1. The normalized spacial score (nSPS) is 11.1. The van der Waals surface area contributed by atoms with Crippen LogP contribution in [0.2, 0.25) is 0 Å². The monoisotopic (exact) mass is 565 g/mol. The average Bonchev–Trinajstić information content (AvgIpc) is 3.69. The van der Waals surface area contributed by atoms with Crippen molar-refractivity contribution in [1.29, 1.82) is 0 Å². The molecule has 7 aromatic rings. The molecule has 7 rings (SSSR count). The van der Waals surface area contributed by atoms with Gasteiger partial charge in [-0.1, -0.05) is 18.2 Å². The highest BCUT2D eigenvalue weighted by Crippen LogP contribution is 2.32. The molecule has 210 valence electrons. The van der Waals surface area contributed by atoms with E-state index >= 15 is 0 Å². The van der Waals surface area contributed by atoms with Crippen LogP contribution in [0.3, 0.4) is 0 Å². The van der Waals surface area contributed by atoms with Crippen molar-refractivity contribution in [3.8, 4) is 34.1 Å². The van der Waals surface area contributed by atoms with Crippen LogP contribution in [0.1, 0.15) is 17.0 Å². The molecular formula is C33H27N9O. The van der Waals surface area contributed by atoms with E-state index in [4.69, 9.17) is 14.7 Å². The summed E-state index contributed by atoms with van der Waals surface area (Å²) in [6.07, 6.45) is 6.09. The number of aromatic nitrogens is 8. The molecule has 10 nitrogen and oxygen atoms in total. The minimum Gasteiger partial charge on any atom is -0.497 e. The molecule has 0 saturated carbocycles. The van der Waals surface area contributed by atoms with Crippen molar-refractivity contribution in [2.24, 2.45) is 0 Å². The van der Waals surface area contributed by atoms with Gasteiger partial charge in [0.25, 0.3) is 0 Å². The van der Waals surface area contributed by atoms with Gasteiger partial charge in [0.2, 0.25) is 0 Å². The van der Waals surface area contributed by atoms with Crippen molar-refractivity contribution in [3.63, 3.8) is 0 Å². The molecule has 2 aromatic carbocycles. The molecule has 0 bridgehead atoms. The predicted octanol–water partition coefficient (Wildman–Crippen LogP) is 6.31. The second-order valence-electron chi connectivity index (χ2n) is 10.1. The first kappa shape index (κ1) is 26.0. The summed E-state index contributed by atoms with van der Waals surface area (Å²) in [7, 11) is 1.67. The Balaban J connectivity index is 1.19. The summed E-state index contributed by atoms with van der Waals surface area (Å²) in [5.41, 5.74) is 9.10. The maximum absolute atomic E-state index is 5.30. The van der Waals surface area contributed by atoms with E-state index in [1.54, 1.807) is 19.6 Å². The topological polar surface area (TPSA) is 119 Å². The fourth-order valence-electron chi connectivity index (χ4n) is 5.02. The van der Waals surface area contributed by atoms with E-state index in [-0.39, 0.29) is 0 Å². The summed E-state index contributed by atoms with van der Waals surface area (Å²) in [5, 5.41) is 19.1. The van der Waals surface area contributed by atoms with Crippen LogP contribution in [0.15, 0.2) is 104 Å². The van der Waals surface area contributed by atoms with Gasteiger partial charge in [0.1, 0.15) is 17.9 Å². The summed E-state index contributed by atoms with van der Waals surface area (Å²) in [6, 6.07) is 27.8. The molecule has 5 aromatic heterocycles. The van der Waals surface area contributed by atoms with Gasteiger partial charge in [0, 0.05) is 35.1 Å². The molecule has 0 amide bonds. The van der Waals surface area contributed by atoms with Crippen LogP contribution in [0.5, 0.6) is 5.75 Å². The van der Waals surface area contributed by atoms with Gasteiger partial charge >= 0.3 is 0 Å². The van der Waals surface area contributed by atoms with Crippen molar-refractivity contribution in [2.75, 3.05) is 12.4 Å². The minimum absolute atomic E-state index is 0.677. The zero-order valence-corrected chi connectivity index (χ0v) is 23.6. The van der Waals surface area contributed by atoms with E-state index in [1.165, 1.54) is 0 Å². The Kier molecular flexibility index (Phi) is 6.76. The van der Waals surface area contributed by atoms with E-state index < -0.39 is 0 Å². The number of H-pyrrole nitrogens is 1. The van der Waals surface area contributed by atoms with Crippen LogP contribution in [0.25, 0.3) is 39.4 Å². The maximum atomic E-state index is 5.30.